The molecule has 0 fully saturated rings. The zero-order valence-corrected chi connectivity index (χ0v) is 11.7. The average molecular weight is 286 g/mol. The minimum absolute atomic E-state index is 0.104. The standard InChI is InChI=1S/C14H14N4OS/c1-19-11-7-5-10(6-8-11)13(17-18-14(15)20)12-4-2-3-9-16-12/h2-9H,1H3,(H3,15,18,20)/b17-13+. The van der Waals surface area contributed by atoms with Crippen molar-refractivity contribution in [1.82, 2.24) is 10.4 Å². The number of aromatic nitrogens is 1. The first-order valence-electron chi connectivity index (χ1n) is 5.89. The van der Waals surface area contributed by atoms with Crippen molar-refractivity contribution >= 4 is 23.0 Å². The van der Waals surface area contributed by atoms with Crippen molar-refractivity contribution in [3.05, 3.63) is 59.9 Å². The maximum atomic E-state index is 5.42. The third kappa shape index (κ3) is 3.52. The van der Waals surface area contributed by atoms with Crippen LogP contribution < -0.4 is 15.9 Å². The Hall–Kier alpha value is -2.47. The maximum Gasteiger partial charge on any atom is 0.184 e. The normalized spacial score (nSPS) is 10.9. The van der Waals surface area contributed by atoms with E-state index >= 15 is 0 Å². The average Bonchev–Trinajstić information content (AvgIpc) is 2.49. The molecule has 20 heavy (non-hydrogen) atoms. The summed E-state index contributed by atoms with van der Waals surface area (Å²) in [5.41, 5.74) is 10.3. The van der Waals surface area contributed by atoms with Crippen LogP contribution in [-0.2, 0) is 0 Å². The third-order valence-corrected chi connectivity index (χ3v) is 2.64. The van der Waals surface area contributed by atoms with Crippen molar-refractivity contribution in [3.63, 3.8) is 0 Å². The Morgan fingerprint density at radius 3 is 2.55 bits per heavy atom. The van der Waals surface area contributed by atoms with Crippen LogP contribution in [0.3, 0.4) is 0 Å². The molecular weight excluding hydrogens is 272 g/mol. The fourth-order valence-electron chi connectivity index (χ4n) is 1.63. The first kappa shape index (κ1) is 14.0. The molecule has 3 N–H and O–H groups in total. The smallest absolute Gasteiger partial charge is 0.184 e. The van der Waals surface area contributed by atoms with Crippen molar-refractivity contribution in [2.45, 2.75) is 0 Å². The lowest BCUT2D eigenvalue weighted by molar-refractivity contribution is 0.415. The van der Waals surface area contributed by atoms with Crippen molar-refractivity contribution in [1.29, 1.82) is 0 Å². The van der Waals surface area contributed by atoms with Crippen LogP contribution in [-0.4, -0.2) is 22.9 Å². The van der Waals surface area contributed by atoms with E-state index in [9.17, 15) is 0 Å². The Labute approximate surface area is 122 Å². The Morgan fingerprint density at radius 2 is 2.00 bits per heavy atom. The minimum atomic E-state index is 0.104. The van der Waals surface area contributed by atoms with Crippen molar-refractivity contribution in [2.75, 3.05) is 7.11 Å². The number of benzene rings is 1. The number of hydrogen-bond acceptors (Lipinski definition) is 4. The molecule has 1 aromatic heterocycles. The fraction of sp³-hybridized carbons (Fsp3) is 0.0714. The van der Waals surface area contributed by atoms with Gasteiger partial charge in [0.05, 0.1) is 12.8 Å². The van der Waals surface area contributed by atoms with E-state index in [1.807, 2.05) is 42.5 Å². The molecule has 0 spiro atoms. The van der Waals surface area contributed by atoms with E-state index in [4.69, 9.17) is 22.7 Å². The highest BCUT2D eigenvalue weighted by atomic mass is 32.1. The molecule has 5 nitrogen and oxygen atoms in total. The number of ether oxygens (including phenoxy) is 1. The van der Waals surface area contributed by atoms with Gasteiger partial charge >= 0.3 is 0 Å². The Kier molecular flexibility index (Phi) is 4.62. The Balaban J connectivity index is 2.40. The lowest BCUT2D eigenvalue weighted by Gasteiger charge is -2.07. The van der Waals surface area contributed by atoms with E-state index < -0.39 is 0 Å². The van der Waals surface area contributed by atoms with Crippen LogP contribution in [0.2, 0.25) is 0 Å². The van der Waals surface area contributed by atoms with Crippen molar-refractivity contribution in [3.8, 4) is 5.75 Å². The number of thiocarbonyl (C=S) groups is 1. The first-order valence-corrected chi connectivity index (χ1v) is 6.30. The lowest BCUT2D eigenvalue weighted by atomic mass is 10.1. The topological polar surface area (TPSA) is 72.5 Å². The SMILES string of the molecule is COc1ccc(/C(=N\NC(N)=S)c2ccccn2)cc1. The molecule has 0 aliphatic rings. The molecule has 102 valence electrons. The van der Waals surface area contributed by atoms with E-state index in [1.165, 1.54) is 0 Å². The van der Waals surface area contributed by atoms with E-state index in [0.717, 1.165) is 17.0 Å². The second-order valence-corrected chi connectivity index (χ2v) is 4.32. The first-order chi connectivity index (χ1) is 9.70. The second-order valence-electron chi connectivity index (χ2n) is 3.88. The number of methoxy groups -OCH3 is 1. The predicted molar refractivity (Wildman–Crippen MR) is 82.8 cm³/mol. The van der Waals surface area contributed by atoms with Crippen LogP contribution in [0.4, 0.5) is 0 Å². The summed E-state index contributed by atoms with van der Waals surface area (Å²) in [5.74, 6) is 0.774. The summed E-state index contributed by atoms with van der Waals surface area (Å²) in [6.45, 7) is 0. The van der Waals surface area contributed by atoms with Gasteiger partial charge in [-0.05, 0) is 48.6 Å². The number of nitrogens with zero attached hydrogens (tertiary/aromatic N) is 2. The molecule has 2 aromatic rings. The quantitative estimate of drug-likeness (QED) is 0.508. The summed E-state index contributed by atoms with van der Waals surface area (Å²) in [5, 5.41) is 4.32. The van der Waals surface area contributed by atoms with Crippen LogP contribution in [0.15, 0.2) is 53.8 Å². The van der Waals surface area contributed by atoms with Gasteiger partial charge in [-0.1, -0.05) is 6.07 Å². The van der Waals surface area contributed by atoms with Gasteiger partial charge in [0.25, 0.3) is 0 Å². The van der Waals surface area contributed by atoms with Crippen LogP contribution in [0.5, 0.6) is 5.75 Å². The molecule has 0 unspecified atom stereocenters. The number of pyridine rings is 1. The molecule has 0 atom stereocenters. The highest BCUT2D eigenvalue weighted by molar-refractivity contribution is 7.80. The molecule has 0 radical (unpaired) electrons. The molecule has 1 heterocycles. The molecule has 0 bridgehead atoms. The van der Waals surface area contributed by atoms with Crippen molar-refractivity contribution in [2.24, 2.45) is 10.8 Å². The van der Waals surface area contributed by atoms with Crippen LogP contribution in [0.1, 0.15) is 11.3 Å². The van der Waals surface area contributed by atoms with E-state index in [1.54, 1.807) is 13.3 Å². The van der Waals surface area contributed by atoms with Gasteiger partial charge < -0.3 is 10.5 Å². The van der Waals surface area contributed by atoms with Gasteiger partial charge in [0.2, 0.25) is 0 Å². The summed E-state index contributed by atoms with van der Waals surface area (Å²) in [7, 11) is 1.62. The van der Waals surface area contributed by atoms with Crippen molar-refractivity contribution < 1.29 is 4.74 Å². The molecule has 0 saturated heterocycles. The second kappa shape index (κ2) is 6.63. The van der Waals surface area contributed by atoms with Gasteiger partial charge in [0, 0.05) is 11.8 Å². The molecular formula is C14H14N4OS. The highest BCUT2D eigenvalue weighted by Crippen LogP contribution is 2.14. The number of nitrogens with two attached hydrogens (primary N) is 1. The summed E-state index contributed by atoms with van der Waals surface area (Å²) in [6.07, 6.45) is 1.70. The maximum absolute atomic E-state index is 5.42. The minimum Gasteiger partial charge on any atom is -0.497 e. The summed E-state index contributed by atoms with van der Waals surface area (Å²) >= 11 is 4.77. The number of hydrogen-bond donors (Lipinski definition) is 2. The molecule has 2 rings (SSSR count). The molecule has 0 aliphatic heterocycles. The Morgan fingerprint density at radius 1 is 1.25 bits per heavy atom. The monoisotopic (exact) mass is 286 g/mol. The van der Waals surface area contributed by atoms with Gasteiger partial charge in [-0.15, -0.1) is 0 Å². The molecule has 0 saturated carbocycles. The predicted octanol–water partition coefficient (Wildman–Crippen LogP) is 1.68. The summed E-state index contributed by atoms with van der Waals surface area (Å²) < 4.78 is 5.14. The Bertz CT molecular complexity index is 611. The zero-order chi connectivity index (χ0) is 14.4. The highest BCUT2D eigenvalue weighted by Gasteiger charge is 2.08. The lowest BCUT2D eigenvalue weighted by Crippen LogP contribution is -2.26. The number of hydrazone groups is 1. The molecule has 6 heteroatoms. The molecule has 1 aromatic carbocycles. The van der Waals surface area contributed by atoms with E-state index in [2.05, 4.69) is 15.5 Å². The van der Waals surface area contributed by atoms with Gasteiger partial charge in [-0.3, -0.25) is 10.4 Å². The van der Waals surface area contributed by atoms with Crippen LogP contribution >= 0.6 is 12.2 Å². The van der Waals surface area contributed by atoms with Crippen LogP contribution in [0, 0.1) is 0 Å². The van der Waals surface area contributed by atoms with Gasteiger partial charge in [-0.2, -0.15) is 5.10 Å². The zero-order valence-electron chi connectivity index (χ0n) is 10.9. The number of rotatable bonds is 4. The summed E-state index contributed by atoms with van der Waals surface area (Å²) in [6, 6.07) is 13.1. The largest absolute Gasteiger partial charge is 0.497 e. The van der Waals surface area contributed by atoms with Gasteiger partial charge in [-0.25, -0.2) is 0 Å². The molecule has 0 amide bonds. The van der Waals surface area contributed by atoms with Gasteiger partial charge in [0.1, 0.15) is 11.5 Å². The third-order valence-electron chi connectivity index (χ3n) is 2.55. The van der Waals surface area contributed by atoms with Crippen LogP contribution in [0.25, 0.3) is 0 Å². The molecule has 0 aliphatic carbocycles. The summed E-state index contributed by atoms with van der Waals surface area (Å²) in [4.78, 5) is 4.29. The fourth-order valence-corrected chi connectivity index (χ4v) is 1.68. The van der Waals surface area contributed by atoms with Gasteiger partial charge in [0.15, 0.2) is 5.11 Å². The number of nitrogens with one attached hydrogen (secondary N) is 1. The van der Waals surface area contributed by atoms with E-state index in [0.29, 0.717) is 5.71 Å². The van der Waals surface area contributed by atoms with E-state index in [-0.39, 0.29) is 5.11 Å².